The van der Waals surface area contributed by atoms with Crippen LogP contribution in [0, 0.1) is 17.6 Å². The van der Waals surface area contributed by atoms with E-state index < -0.39 is 6.10 Å². The van der Waals surface area contributed by atoms with E-state index >= 15 is 0 Å². The predicted octanol–water partition coefficient (Wildman–Crippen LogP) is 7.66. The van der Waals surface area contributed by atoms with Crippen molar-refractivity contribution >= 4 is 27.5 Å². The summed E-state index contributed by atoms with van der Waals surface area (Å²) in [6, 6.07) is 27.2. The minimum absolute atomic E-state index is 0.0785. The molecule has 0 aliphatic carbocycles. The number of carbonyl (C=O) groups is 1. The normalized spacial score (nSPS) is 17.5. The highest BCUT2D eigenvalue weighted by molar-refractivity contribution is 9.08. The van der Waals surface area contributed by atoms with Gasteiger partial charge in [0.1, 0.15) is 24.0 Å². The zero-order valence-electron chi connectivity index (χ0n) is 21.1. The molecule has 0 spiro atoms. The SMILES string of the molecule is O=C1C(CC[C@H](O)c2ccc(F)cc2)C(c2ccc(OCc3ccc(CBr)cc3)cc2)N1c1ccc(F)cc1. The molecule has 5 rings (SSSR count). The molecule has 0 radical (unpaired) electrons. The lowest BCUT2D eigenvalue weighted by Gasteiger charge is -2.48. The van der Waals surface area contributed by atoms with Gasteiger partial charge < -0.3 is 14.7 Å². The number of hydrogen-bond donors (Lipinski definition) is 1. The van der Waals surface area contributed by atoms with Gasteiger partial charge in [0.25, 0.3) is 0 Å². The van der Waals surface area contributed by atoms with Crippen LogP contribution in [-0.2, 0) is 16.7 Å². The fourth-order valence-corrected chi connectivity index (χ4v) is 5.32. The number of nitrogens with zero attached hydrogens (tertiary/aromatic N) is 1. The van der Waals surface area contributed by atoms with E-state index in [9.17, 15) is 18.7 Å². The number of benzene rings is 4. The lowest BCUT2D eigenvalue weighted by Crippen LogP contribution is -2.55. The highest BCUT2D eigenvalue weighted by atomic mass is 79.9. The van der Waals surface area contributed by atoms with Crippen molar-refractivity contribution in [3.63, 3.8) is 0 Å². The number of aliphatic hydroxyl groups excluding tert-OH is 1. The first-order chi connectivity index (χ1) is 18.9. The van der Waals surface area contributed by atoms with Crippen molar-refractivity contribution in [2.45, 2.75) is 36.9 Å². The Morgan fingerprint density at radius 1 is 0.821 bits per heavy atom. The molecule has 7 heteroatoms. The Labute approximate surface area is 235 Å². The van der Waals surface area contributed by atoms with E-state index in [2.05, 4.69) is 28.1 Å². The molecular weight excluding hydrogens is 564 g/mol. The van der Waals surface area contributed by atoms with Crippen LogP contribution in [0.3, 0.4) is 0 Å². The van der Waals surface area contributed by atoms with Gasteiger partial charge in [-0.1, -0.05) is 64.5 Å². The minimum atomic E-state index is -0.807. The van der Waals surface area contributed by atoms with Gasteiger partial charge in [0, 0.05) is 11.0 Å². The minimum Gasteiger partial charge on any atom is -0.489 e. The van der Waals surface area contributed by atoms with Crippen molar-refractivity contribution in [2.24, 2.45) is 5.92 Å². The van der Waals surface area contributed by atoms with Crippen molar-refractivity contribution in [1.29, 1.82) is 0 Å². The number of ether oxygens (including phenoxy) is 1. The molecule has 0 aromatic heterocycles. The van der Waals surface area contributed by atoms with E-state index in [0.29, 0.717) is 36.4 Å². The van der Waals surface area contributed by atoms with Gasteiger partial charge in [-0.3, -0.25) is 4.79 Å². The van der Waals surface area contributed by atoms with Gasteiger partial charge in [-0.25, -0.2) is 8.78 Å². The Morgan fingerprint density at radius 2 is 1.41 bits per heavy atom. The first-order valence-electron chi connectivity index (χ1n) is 12.8. The van der Waals surface area contributed by atoms with Crippen LogP contribution in [0.25, 0.3) is 0 Å². The zero-order valence-corrected chi connectivity index (χ0v) is 22.7. The molecule has 1 saturated heterocycles. The van der Waals surface area contributed by atoms with Crippen LogP contribution >= 0.6 is 15.9 Å². The molecule has 4 aromatic carbocycles. The third kappa shape index (κ3) is 6.21. The summed E-state index contributed by atoms with van der Waals surface area (Å²) in [5.74, 6) is -0.457. The molecule has 0 bridgehead atoms. The van der Waals surface area contributed by atoms with Crippen LogP contribution in [0.2, 0.25) is 0 Å². The van der Waals surface area contributed by atoms with Crippen molar-refractivity contribution < 1.29 is 23.4 Å². The molecule has 0 saturated carbocycles. The number of rotatable bonds is 10. The molecule has 4 aromatic rings. The van der Waals surface area contributed by atoms with Crippen molar-refractivity contribution in [1.82, 2.24) is 0 Å². The van der Waals surface area contributed by atoms with E-state index in [1.54, 1.807) is 29.2 Å². The number of anilines is 1. The molecule has 1 aliphatic rings. The van der Waals surface area contributed by atoms with Gasteiger partial charge in [0.2, 0.25) is 5.91 Å². The largest absolute Gasteiger partial charge is 0.489 e. The Balaban J connectivity index is 1.30. The summed E-state index contributed by atoms with van der Waals surface area (Å²) in [4.78, 5) is 14.9. The standard InChI is InChI=1S/C32H28BrF2NO3/c33-19-21-1-3-22(4-2-21)20-39-28-15-7-24(8-16-28)31-29(17-18-30(37)23-5-9-25(34)10-6-23)32(38)36(31)27-13-11-26(35)12-14-27/h1-16,29-31,37H,17-20H2/t29?,30-,31?/m0/s1. The highest BCUT2D eigenvalue weighted by Gasteiger charge is 2.48. The van der Waals surface area contributed by atoms with E-state index in [1.165, 1.54) is 29.8 Å². The van der Waals surface area contributed by atoms with E-state index in [0.717, 1.165) is 16.5 Å². The first-order valence-corrected chi connectivity index (χ1v) is 13.9. The molecule has 3 atom stereocenters. The van der Waals surface area contributed by atoms with E-state index in [4.69, 9.17) is 4.74 Å². The maximum atomic E-state index is 13.6. The number of β-lactam (4-membered cyclic amide) rings is 1. The number of hydrogen-bond acceptors (Lipinski definition) is 3. The lowest BCUT2D eigenvalue weighted by molar-refractivity contribution is -0.131. The lowest BCUT2D eigenvalue weighted by atomic mass is 9.78. The van der Waals surface area contributed by atoms with Gasteiger partial charge in [0.15, 0.2) is 0 Å². The number of aliphatic hydroxyl groups is 1. The van der Waals surface area contributed by atoms with Crippen LogP contribution in [0.5, 0.6) is 5.75 Å². The van der Waals surface area contributed by atoms with Gasteiger partial charge >= 0.3 is 0 Å². The number of halogens is 3. The fourth-order valence-electron chi connectivity index (χ4n) is 4.94. The number of alkyl halides is 1. The second-order valence-corrected chi connectivity index (χ2v) is 10.2. The van der Waals surface area contributed by atoms with Crippen molar-refractivity contribution in [2.75, 3.05) is 4.90 Å². The molecule has 1 fully saturated rings. The molecule has 1 heterocycles. The molecule has 4 nitrogen and oxygen atoms in total. The smallest absolute Gasteiger partial charge is 0.233 e. The third-order valence-electron chi connectivity index (χ3n) is 7.13. The molecule has 1 N–H and O–H groups in total. The summed E-state index contributed by atoms with van der Waals surface area (Å²) >= 11 is 3.45. The van der Waals surface area contributed by atoms with Gasteiger partial charge in [-0.05, 0) is 83.6 Å². The second-order valence-electron chi connectivity index (χ2n) is 9.69. The summed E-state index contributed by atoms with van der Waals surface area (Å²) in [7, 11) is 0. The topological polar surface area (TPSA) is 49.8 Å². The molecule has 39 heavy (non-hydrogen) atoms. The molecular formula is C32H28BrF2NO3. The van der Waals surface area contributed by atoms with E-state index in [1.807, 2.05) is 36.4 Å². The summed E-state index contributed by atoms with van der Waals surface area (Å²) in [6.07, 6.45) is -0.00829. The Morgan fingerprint density at radius 3 is 2.03 bits per heavy atom. The Bertz CT molecular complexity index is 1390. The van der Waals surface area contributed by atoms with Crippen LogP contribution in [-0.4, -0.2) is 11.0 Å². The molecule has 1 aliphatic heterocycles. The average molecular weight is 592 g/mol. The molecule has 200 valence electrons. The van der Waals surface area contributed by atoms with Crippen molar-refractivity contribution in [3.05, 3.63) is 131 Å². The van der Waals surface area contributed by atoms with E-state index in [-0.39, 0.29) is 29.5 Å². The quantitative estimate of drug-likeness (QED) is 0.152. The summed E-state index contributed by atoms with van der Waals surface area (Å²) in [6.45, 7) is 0.440. The fraction of sp³-hybridized carbons (Fsp3) is 0.219. The Kier molecular flexibility index (Phi) is 8.38. The van der Waals surface area contributed by atoms with Gasteiger partial charge in [-0.2, -0.15) is 0 Å². The van der Waals surface area contributed by atoms with Crippen LogP contribution in [0.4, 0.5) is 14.5 Å². The predicted molar refractivity (Wildman–Crippen MR) is 151 cm³/mol. The third-order valence-corrected chi connectivity index (χ3v) is 7.78. The summed E-state index contributed by atoms with van der Waals surface area (Å²) in [5, 5.41) is 11.5. The molecule has 2 unspecified atom stereocenters. The van der Waals surface area contributed by atoms with Crippen LogP contribution < -0.4 is 9.64 Å². The highest BCUT2D eigenvalue weighted by Crippen LogP contribution is 2.46. The number of carbonyl (C=O) groups excluding carboxylic acids is 1. The summed E-state index contributed by atoms with van der Waals surface area (Å²) < 4.78 is 32.8. The molecule has 1 amide bonds. The summed E-state index contributed by atoms with van der Waals surface area (Å²) in [5.41, 5.74) is 4.42. The number of amides is 1. The van der Waals surface area contributed by atoms with Crippen LogP contribution in [0.15, 0.2) is 97.1 Å². The maximum Gasteiger partial charge on any atom is 0.233 e. The average Bonchev–Trinajstić information content (AvgIpc) is 2.96. The first kappa shape index (κ1) is 27.0. The van der Waals surface area contributed by atoms with Gasteiger partial charge in [-0.15, -0.1) is 0 Å². The Hall–Kier alpha value is -3.55. The van der Waals surface area contributed by atoms with Gasteiger partial charge in [0.05, 0.1) is 18.1 Å². The van der Waals surface area contributed by atoms with Crippen LogP contribution in [0.1, 0.15) is 47.2 Å². The second kappa shape index (κ2) is 12.1. The zero-order chi connectivity index (χ0) is 27.4. The monoisotopic (exact) mass is 591 g/mol. The van der Waals surface area contributed by atoms with Crippen molar-refractivity contribution in [3.8, 4) is 5.75 Å². The maximum absolute atomic E-state index is 13.6.